The molecule has 0 spiro atoms. The maximum atomic E-state index is 12.1. The summed E-state index contributed by atoms with van der Waals surface area (Å²) in [4.78, 5) is 43.7. The normalized spacial score (nSPS) is 15.7. The predicted molar refractivity (Wildman–Crippen MR) is 160 cm³/mol. The van der Waals surface area contributed by atoms with Crippen molar-refractivity contribution in [2.24, 2.45) is 15.8 Å². The molecular weight excluding hydrogens is 581 g/mol. The number of rotatable bonds is 14. The number of methoxy groups -OCH3 is 1. The number of thiazole rings is 1. The Morgan fingerprint density at radius 3 is 2.62 bits per heavy atom. The molecule has 1 aromatic heterocycles. The lowest BCUT2D eigenvalue weighted by Crippen LogP contribution is -2.27. The zero-order valence-corrected chi connectivity index (χ0v) is 25.9. The molecule has 2 aromatic rings. The van der Waals surface area contributed by atoms with E-state index in [2.05, 4.69) is 37.7 Å². The van der Waals surface area contributed by atoms with Crippen molar-refractivity contribution in [3.05, 3.63) is 23.2 Å². The minimum absolute atomic E-state index is 0.0692. The van der Waals surface area contributed by atoms with Crippen LogP contribution in [0.4, 0.5) is 4.79 Å². The topological polar surface area (TPSA) is 124 Å². The highest BCUT2D eigenvalue weighted by Crippen LogP contribution is 2.40. The SMILES string of the molecule is COC(=O)CC(C)(C)CC(C)(C)CSSCCCOC(=O)Oc1ccc2nc(C3=N[C@@H](C(=O)O)CS3)sc2c1. The van der Waals surface area contributed by atoms with Crippen LogP contribution < -0.4 is 4.74 Å². The van der Waals surface area contributed by atoms with E-state index >= 15 is 0 Å². The van der Waals surface area contributed by atoms with E-state index in [9.17, 15) is 14.4 Å². The first-order chi connectivity index (χ1) is 18.4. The van der Waals surface area contributed by atoms with Gasteiger partial charge in [-0.15, -0.1) is 23.1 Å². The Labute approximate surface area is 244 Å². The number of carboxylic acids is 1. The van der Waals surface area contributed by atoms with Gasteiger partial charge in [-0.3, -0.25) is 9.79 Å². The number of benzene rings is 1. The van der Waals surface area contributed by atoms with Crippen molar-refractivity contribution in [3.8, 4) is 5.75 Å². The summed E-state index contributed by atoms with van der Waals surface area (Å²) in [7, 11) is 4.95. The van der Waals surface area contributed by atoms with Gasteiger partial charge in [-0.25, -0.2) is 14.6 Å². The molecule has 13 heteroatoms. The summed E-state index contributed by atoms with van der Waals surface area (Å²) in [6.07, 6.45) is 1.26. The van der Waals surface area contributed by atoms with Gasteiger partial charge in [0.15, 0.2) is 6.04 Å². The number of nitrogens with zero attached hydrogens (tertiary/aromatic N) is 2. The van der Waals surface area contributed by atoms with Crippen LogP contribution in [0.5, 0.6) is 5.75 Å². The number of hydrogen-bond donors (Lipinski definition) is 1. The molecule has 0 bridgehead atoms. The minimum Gasteiger partial charge on any atom is -0.480 e. The number of thioether (sulfide) groups is 1. The molecule has 0 unspecified atom stereocenters. The van der Waals surface area contributed by atoms with Crippen LogP contribution in [0.25, 0.3) is 10.2 Å². The van der Waals surface area contributed by atoms with E-state index in [0.717, 1.165) is 28.1 Å². The summed E-state index contributed by atoms with van der Waals surface area (Å²) in [5.74, 6) is 1.41. The molecule has 9 nitrogen and oxygen atoms in total. The standard InChI is InChI=1S/C26H34N2O7S4/c1-25(2,12-20(29)33-5)14-26(3,4)15-38-37-10-6-9-34-24(32)35-16-7-8-17-19(11-16)39-22(27-17)21-28-18(13-36-21)23(30)31/h7-8,11,18H,6,9-10,12-15H2,1-5H3,(H,30,31)/t18-/m1/s1. The predicted octanol–water partition coefficient (Wildman–Crippen LogP) is 6.54. The summed E-state index contributed by atoms with van der Waals surface area (Å²) in [6.45, 7) is 8.86. The van der Waals surface area contributed by atoms with Crippen LogP contribution in [0.3, 0.4) is 0 Å². The summed E-state index contributed by atoms with van der Waals surface area (Å²) < 4.78 is 16.2. The van der Waals surface area contributed by atoms with Gasteiger partial charge < -0.3 is 19.3 Å². The van der Waals surface area contributed by atoms with Crippen LogP contribution >= 0.6 is 44.7 Å². The number of carbonyl (C=O) groups is 3. The molecule has 1 aliphatic rings. The molecule has 1 atom stereocenters. The summed E-state index contributed by atoms with van der Waals surface area (Å²) in [6, 6.07) is 4.37. The average Bonchev–Trinajstić information content (AvgIpc) is 3.49. The lowest BCUT2D eigenvalue weighted by molar-refractivity contribution is -0.143. The van der Waals surface area contributed by atoms with Crippen LogP contribution in [-0.2, 0) is 19.1 Å². The molecule has 1 aromatic carbocycles. The zero-order valence-electron chi connectivity index (χ0n) is 22.7. The first kappa shape index (κ1) is 31.6. The number of carboxylic acid groups (broad SMARTS) is 1. The summed E-state index contributed by atoms with van der Waals surface area (Å²) in [5.41, 5.74) is 0.667. The first-order valence-electron chi connectivity index (χ1n) is 12.4. The maximum absolute atomic E-state index is 12.1. The third kappa shape index (κ3) is 10.2. The summed E-state index contributed by atoms with van der Waals surface area (Å²) in [5, 5.41) is 10.4. The number of aromatic nitrogens is 1. The smallest absolute Gasteiger partial charge is 0.480 e. The first-order valence-corrected chi connectivity index (χ1v) is 16.7. The highest BCUT2D eigenvalue weighted by Gasteiger charge is 2.31. The number of fused-ring (bicyclic) bond motifs is 1. The van der Waals surface area contributed by atoms with E-state index in [1.807, 2.05) is 0 Å². The average molecular weight is 615 g/mol. The van der Waals surface area contributed by atoms with E-state index in [-0.39, 0.29) is 23.4 Å². The molecule has 1 aliphatic heterocycles. The second kappa shape index (κ2) is 14.1. The van der Waals surface area contributed by atoms with Gasteiger partial charge in [0.05, 0.1) is 30.4 Å². The van der Waals surface area contributed by atoms with Crippen LogP contribution in [-0.4, -0.2) is 70.2 Å². The third-order valence-corrected chi connectivity index (χ3v) is 10.7. The molecule has 0 saturated carbocycles. The quantitative estimate of drug-likeness (QED) is 0.108. The van der Waals surface area contributed by atoms with E-state index < -0.39 is 18.2 Å². The van der Waals surface area contributed by atoms with E-state index in [4.69, 9.17) is 19.3 Å². The maximum Gasteiger partial charge on any atom is 0.513 e. The number of carbonyl (C=O) groups excluding carboxylic acids is 2. The fourth-order valence-electron chi connectivity index (χ4n) is 4.21. The van der Waals surface area contributed by atoms with Crippen molar-refractivity contribution in [2.45, 2.75) is 53.0 Å². The van der Waals surface area contributed by atoms with Crippen LogP contribution in [0.1, 0.15) is 52.0 Å². The van der Waals surface area contributed by atoms with Crippen molar-refractivity contribution in [1.82, 2.24) is 4.98 Å². The van der Waals surface area contributed by atoms with Crippen molar-refractivity contribution in [1.29, 1.82) is 0 Å². The summed E-state index contributed by atoms with van der Waals surface area (Å²) >= 11 is 2.75. The molecule has 0 saturated heterocycles. The second-order valence-corrected chi connectivity index (χ2v) is 15.3. The number of aliphatic carboxylic acids is 1. The Bertz CT molecular complexity index is 1210. The molecule has 2 heterocycles. The lowest BCUT2D eigenvalue weighted by atomic mass is 9.74. The molecule has 0 radical (unpaired) electrons. The third-order valence-electron chi connectivity index (χ3n) is 5.61. The highest BCUT2D eigenvalue weighted by molar-refractivity contribution is 8.76. The molecule has 3 rings (SSSR count). The van der Waals surface area contributed by atoms with Crippen LogP contribution in [0.15, 0.2) is 23.2 Å². The lowest BCUT2D eigenvalue weighted by Gasteiger charge is -2.34. The number of hydrogen-bond acceptors (Lipinski definition) is 12. The number of ether oxygens (including phenoxy) is 3. The molecule has 0 aliphatic carbocycles. The number of esters is 1. The van der Waals surface area contributed by atoms with E-state index in [0.29, 0.717) is 34.4 Å². The van der Waals surface area contributed by atoms with Crippen molar-refractivity contribution >= 4 is 78.0 Å². The van der Waals surface area contributed by atoms with E-state index in [1.54, 1.807) is 39.8 Å². The monoisotopic (exact) mass is 614 g/mol. The fourth-order valence-corrected chi connectivity index (χ4v) is 9.07. The van der Waals surface area contributed by atoms with Crippen LogP contribution in [0.2, 0.25) is 0 Å². The Kier molecular flexibility index (Phi) is 11.4. The van der Waals surface area contributed by atoms with Crippen molar-refractivity contribution in [3.63, 3.8) is 0 Å². The number of aliphatic imine (C=N–C) groups is 1. The molecule has 0 fully saturated rings. The largest absolute Gasteiger partial charge is 0.513 e. The molecule has 1 N–H and O–H groups in total. The van der Waals surface area contributed by atoms with Gasteiger partial charge in [0.1, 0.15) is 15.8 Å². The molecule has 0 amide bonds. The van der Waals surface area contributed by atoms with Gasteiger partial charge in [-0.05, 0) is 35.8 Å². The van der Waals surface area contributed by atoms with Gasteiger partial charge >= 0.3 is 18.1 Å². The fraction of sp³-hybridized carbons (Fsp3) is 0.577. The van der Waals surface area contributed by atoms with Crippen LogP contribution in [0, 0.1) is 10.8 Å². The Balaban J connectivity index is 1.35. The molecule has 214 valence electrons. The zero-order chi connectivity index (χ0) is 28.6. The second-order valence-electron chi connectivity index (χ2n) is 10.6. The Morgan fingerprint density at radius 2 is 1.92 bits per heavy atom. The Morgan fingerprint density at radius 1 is 1.15 bits per heavy atom. The van der Waals surface area contributed by atoms with Crippen molar-refractivity contribution < 1.29 is 33.7 Å². The van der Waals surface area contributed by atoms with Gasteiger partial charge in [0.25, 0.3) is 0 Å². The van der Waals surface area contributed by atoms with Gasteiger partial charge in [-0.1, -0.05) is 49.3 Å². The minimum atomic E-state index is -0.942. The molecular formula is C26H34N2O7S4. The van der Waals surface area contributed by atoms with Gasteiger partial charge in [0, 0.05) is 23.3 Å². The van der Waals surface area contributed by atoms with Crippen molar-refractivity contribution in [2.75, 3.05) is 31.0 Å². The molecule has 39 heavy (non-hydrogen) atoms. The van der Waals surface area contributed by atoms with E-state index in [1.165, 1.54) is 30.2 Å². The highest BCUT2D eigenvalue weighted by atomic mass is 33.1. The van der Waals surface area contributed by atoms with Gasteiger partial charge in [0.2, 0.25) is 0 Å². The van der Waals surface area contributed by atoms with Gasteiger partial charge in [-0.2, -0.15) is 0 Å². The Hall–Kier alpha value is -1.96.